The predicted molar refractivity (Wildman–Crippen MR) is 80.3 cm³/mol. The predicted octanol–water partition coefficient (Wildman–Crippen LogP) is 3.33. The molecule has 1 aliphatic carbocycles. The highest BCUT2D eigenvalue weighted by Crippen LogP contribution is 2.23. The molecule has 2 rings (SSSR count). The van der Waals surface area contributed by atoms with Crippen molar-refractivity contribution >= 4 is 23.0 Å². The average molecular weight is 299 g/mol. The standard InChI is InChI=1S/C14H19F2N3S/c1-9-4-2-3-5-12(9)17-14(20)19-18-13-7-6-10(15)8-11(13)16/h6-9,12,18H,2-5H2,1H3,(H2,17,19,20)/t9-,12-/m1/s1. The van der Waals surface area contributed by atoms with Gasteiger partial charge in [0.25, 0.3) is 0 Å². The molecule has 6 heteroatoms. The van der Waals surface area contributed by atoms with E-state index < -0.39 is 11.6 Å². The Bertz CT molecular complexity index is 481. The Morgan fingerprint density at radius 2 is 2.00 bits per heavy atom. The van der Waals surface area contributed by atoms with Gasteiger partial charge in [0.15, 0.2) is 10.9 Å². The van der Waals surface area contributed by atoms with Crippen LogP contribution in [0.3, 0.4) is 0 Å². The van der Waals surface area contributed by atoms with Gasteiger partial charge in [-0.05, 0) is 43.1 Å². The van der Waals surface area contributed by atoms with Gasteiger partial charge in [0.2, 0.25) is 0 Å². The average Bonchev–Trinajstić information content (AvgIpc) is 2.40. The molecule has 0 radical (unpaired) electrons. The van der Waals surface area contributed by atoms with Crippen LogP contribution in [0.1, 0.15) is 32.6 Å². The van der Waals surface area contributed by atoms with E-state index in [9.17, 15) is 8.78 Å². The van der Waals surface area contributed by atoms with Crippen LogP contribution >= 0.6 is 12.2 Å². The van der Waals surface area contributed by atoms with Crippen LogP contribution in [0.25, 0.3) is 0 Å². The molecule has 0 saturated heterocycles. The highest BCUT2D eigenvalue weighted by Gasteiger charge is 2.21. The first-order valence-electron chi connectivity index (χ1n) is 6.84. The summed E-state index contributed by atoms with van der Waals surface area (Å²) >= 11 is 5.17. The number of halogens is 2. The van der Waals surface area contributed by atoms with E-state index in [0.717, 1.165) is 12.5 Å². The SMILES string of the molecule is C[C@@H]1CCCC[C@H]1NC(=S)NNc1ccc(F)cc1F. The molecule has 3 nitrogen and oxygen atoms in total. The van der Waals surface area contributed by atoms with E-state index in [1.165, 1.54) is 31.4 Å². The van der Waals surface area contributed by atoms with Crippen LogP contribution in [-0.2, 0) is 0 Å². The van der Waals surface area contributed by atoms with Crippen molar-refractivity contribution in [3.05, 3.63) is 29.8 Å². The number of nitrogens with one attached hydrogen (secondary N) is 3. The molecule has 0 spiro atoms. The van der Waals surface area contributed by atoms with Crippen molar-refractivity contribution < 1.29 is 8.78 Å². The minimum Gasteiger partial charge on any atom is -0.358 e. The topological polar surface area (TPSA) is 36.1 Å². The van der Waals surface area contributed by atoms with Crippen LogP contribution in [0.4, 0.5) is 14.5 Å². The van der Waals surface area contributed by atoms with E-state index >= 15 is 0 Å². The third-order valence-corrected chi connectivity index (χ3v) is 3.89. The van der Waals surface area contributed by atoms with Crippen molar-refractivity contribution in [1.82, 2.24) is 10.7 Å². The summed E-state index contributed by atoms with van der Waals surface area (Å²) in [7, 11) is 0. The molecule has 1 aliphatic rings. The molecule has 1 aromatic carbocycles. The van der Waals surface area contributed by atoms with E-state index in [1.807, 2.05) is 0 Å². The summed E-state index contributed by atoms with van der Waals surface area (Å²) in [5, 5.41) is 3.65. The molecule has 2 atom stereocenters. The summed E-state index contributed by atoms with van der Waals surface area (Å²) < 4.78 is 26.2. The Labute approximate surface area is 123 Å². The van der Waals surface area contributed by atoms with E-state index in [4.69, 9.17) is 12.2 Å². The Hall–Kier alpha value is -1.43. The maximum atomic E-state index is 13.4. The molecule has 0 aromatic heterocycles. The van der Waals surface area contributed by atoms with Crippen molar-refractivity contribution in [2.75, 3.05) is 5.43 Å². The lowest BCUT2D eigenvalue weighted by Gasteiger charge is -2.30. The number of rotatable bonds is 3. The molecule has 0 unspecified atom stereocenters. The smallest absolute Gasteiger partial charge is 0.185 e. The number of hydrazine groups is 1. The zero-order chi connectivity index (χ0) is 14.5. The second kappa shape index (κ2) is 6.83. The second-order valence-electron chi connectivity index (χ2n) is 5.22. The van der Waals surface area contributed by atoms with Crippen LogP contribution in [0.5, 0.6) is 0 Å². The molecule has 110 valence electrons. The largest absolute Gasteiger partial charge is 0.358 e. The van der Waals surface area contributed by atoms with Gasteiger partial charge in [0, 0.05) is 12.1 Å². The van der Waals surface area contributed by atoms with Gasteiger partial charge in [-0.3, -0.25) is 10.9 Å². The molecule has 3 N–H and O–H groups in total. The van der Waals surface area contributed by atoms with Gasteiger partial charge < -0.3 is 5.32 Å². The third-order valence-electron chi connectivity index (χ3n) is 3.67. The number of hydrogen-bond acceptors (Lipinski definition) is 2. The van der Waals surface area contributed by atoms with Crippen molar-refractivity contribution in [1.29, 1.82) is 0 Å². The van der Waals surface area contributed by atoms with Gasteiger partial charge in [0.05, 0.1) is 5.69 Å². The third kappa shape index (κ3) is 4.03. The van der Waals surface area contributed by atoms with Crippen LogP contribution in [0.15, 0.2) is 18.2 Å². The van der Waals surface area contributed by atoms with Crippen molar-refractivity contribution in [3.63, 3.8) is 0 Å². The summed E-state index contributed by atoms with van der Waals surface area (Å²) in [6.07, 6.45) is 4.75. The highest BCUT2D eigenvalue weighted by atomic mass is 32.1. The molecule has 1 aromatic rings. The molecule has 0 amide bonds. The summed E-state index contributed by atoms with van der Waals surface area (Å²) in [5.41, 5.74) is 5.54. The summed E-state index contributed by atoms with van der Waals surface area (Å²) in [6, 6.07) is 3.68. The molecule has 20 heavy (non-hydrogen) atoms. The minimum atomic E-state index is -0.661. The molecule has 1 fully saturated rings. The van der Waals surface area contributed by atoms with E-state index in [0.29, 0.717) is 17.1 Å². The van der Waals surface area contributed by atoms with Crippen LogP contribution in [0.2, 0.25) is 0 Å². The number of hydrogen-bond donors (Lipinski definition) is 3. The van der Waals surface area contributed by atoms with Gasteiger partial charge in [-0.25, -0.2) is 8.78 Å². The van der Waals surface area contributed by atoms with Crippen LogP contribution in [0, 0.1) is 17.6 Å². The van der Waals surface area contributed by atoms with E-state index in [2.05, 4.69) is 23.1 Å². The highest BCUT2D eigenvalue weighted by molar-refractivity contribution is 7.80. The second-order valence-corrected chi connectivity index (χ2v) is 5.62. The summed E-state index contributed by atoms with van der Waals surface area (Å²) in [6.45, 7) is 2.20. The Kier molecular flexibility index (Phi) is 5.11. The first-order valence-corrected chi connectivity index (χ1v) is 7.24. The number of anilines is 1. The molecular weight excluding hydrogens is 280 g/mol. The molecule has 1 saturated carbocycles. The Morgan fingerprint density at radius 3 is 2.70 bits per heavy atom. The van der Waals surface area contributed by atoms with Gasteiger partial charge in [-0.1, -0.05) is 19.8 Å². The summed E-state index contributed by atoms with van der Waals surface area (Å²) in [5.74, 6) is -0.692. The maximum absolute atomic E-state index is 13.4. The fourth-order valence-electron chi connectivity index (χ4n) is 2.45. The van der Waals surface area contributed by atoms with Gasteiger partial charge in [-0.15, -0.1) is 0 Å². The van der Waals surface area contributed by atoms with Crippen molar-refractivity contribution in [2.24, 2.45) is 5.92 Å². The minimum absolute atomic E-state index is 0.159. The zero-order valence-electron chi connectivity index (χ0n) is 11.4. The normalized spacial score (nSPS) is 22.1. The fourth-order valence-corrected chi connectivity index (χ4v) is 2.65. The van der Waals surface area contributed by atoms with Crippen LogP contribution < -0.4 is 16.2 Å². The fraction of sp³-hybridized carbons (Fsp3) is 0.500. The number of thiocarbonyl (C=S) groups is 1. The first-order chi connectivity index (χ1) is 9.56. The van der Waals surface area contributed by atoms with Crippen molar-refractivity contribution in [2.45, 2.75) is 38.6 Å². The van der Waals surface area contributed by atoms with Crippen LogP contribution in [-0.4, -0.2) is 11.2 Å². The lowest BCUT2D eigenvalue weighted by molar-refractivity contribution is 0.308. The van der Waals surface area contributed by atoms with Crippen molar-refractivity contribution in [3.8, 4) is 0 Å². The maximum Gasteiger partial charge on any atom is 0.185 e. The lowest BCUT2D eigenvalue weighted by Crippen LogP contribution is -2.47. The van der Waals surface area contributed by atoms with E-state index in [-0.39, 0.29) is 5.69 Å². The van der Waals surface area contributed by atoms with E-state index in [1.54, 1.807) is 0 Å². The Balaban J connectivity index is 1.82. The van der Waals surface area contributed by atoms with Gasteiger partial charge in [0.1, 0.15) is 5.82 Å². The first kappa shape index (κ1) is 15.0. The quantitative estimate of drug-likeness (QED) is 0.591. The molecule has 0 bridgehead atoms. The molecule has 0 aliphatic heterocycles. The lowest BCUT2D eigenvalue weighted by atomic mass is 9.86. The van der Waals surface area contributed by atoms with Gasteiger partial charge in [-0.2, -0.15) is 0 Å². The summed E-state index contributed by atoms with van der Waals surface area (Å²) in [4.78, 5) is 0. The molecule has 0 heterocycles. The number of benzene rings is 1. The van der Waals surface area contributed by atoms with Gasteiger partial charge >= 0.3 is 0 Å². The Morgan fingerprint density at radius 1 is 1.25 bits per heavy atom. The monoisotopic (exact) mass is 299 g/mol. The zero-order valence-corrected chi connectivity index (χ0v) is 12.2. The molecular formula is C14H19F2N3S.